The number of hydrogen-bond donors (Lipinski definition) is 2. The molecule has 0 aromatic carbocycles. The molecule has 6 nitrogen and oxygen atoms in total. The summed E-state index contributed by atoms with van der Waals surface area (Å²) in [6.45, 7) is 4.86. The van der Waals surface area contributed by atoms with E-state index in [4.69, 9.17) is 9.47 Å². The second kappa shape index (κ2) is 9.04. The van der Waals surface area contributed by atoms with E-state index in [1.807, 2.05) is 23.9 Å². The summed E-state index contributed by atoms with van der Waals surface area (Å²) in [5.74, 6) is 0. The number of hydrogen-bond acceptors (Lipinski definition) is 5. The molecule has 1 aromatic heterocycles. The molecule has 0 saturated heterocycles. The summed E-state index contributed by atoms with van der Waals surface area (Å²) in [5, 5.41) is 16.9. The number of methoxy groups -OCH3 is 1. The lowest BCUT2D eigenvalue weighted by Crippen LogP contribution is -2.33. The summed E-state index contributed by atoms with van der Waals surface area (Å²) in [6.07, 6.45) is 3.17. The maximum absolute atomic E-state index is 9.67. The first-order valence-corrected chi connectivity index (χ1v) is 6.19. The summed E-state index contributed by atoms with van der Waals surface area (Å²) in [5.41, 5.74) is 0. The molecule has 0 fully saturated rings. The molecule has 1 heterocycles. The smallest absolute Gasteiger partial charge is 0.0897 e. The molecule has 18 heavy (non-hydrogen) atoms. The van der Waals surface area contributed by atoms with Crippen LogP contribution >= 0.6 is 0 Å². The Labute approximate surface area is 108 Å². The minimum atomic E-state index is -0.498. The van der Waals surface area contributed by atoms with Gasteiger partial charge in [-0.25, -0.2) is 0 Å². The van der Waals surface area contributed by atoms with Crippen molar-refractivity contribution in [3.63, 3.8) is 0 Å². The van der Waals surface area contributed by atoms with Crippen LogP contribution in [0.15, 0.2) is 18.5 Å². The van der Waals surface area contributed by atoms with E-state index in [1.165, 1.54) is 0 Å². The topological polar surface area (TPSA) is 68.5 Å². The van der Waals surface area contributed by atoms with E-state index in [1.54, 1.807) is 13.3 Å². The average molecular weight is 257 g/mol. The highest BCUT2D eigenvalue weighted by atomic mass is 16.5. The zero-order valence-electron chi connectivity index (χ0n) is 11.1. The number of aromatic nitrogens is 2. The molecule has 2 unspecified atom stereocenters. The molecule has 0 bridgehead atoms. The highest BCUT2D eigenvalue weighted by Gasteiger charge is 2.07. The lowest BCUT2D eigenvalue weighted by molar-refractivity contribution is -0.0310. The largest absolute Gasteiger partial charge is 0.389 e. The van der Waals surface area contributed by atoms with E-state index < -0.39 is 6.10 Å². The minimum Gasteiger partial charge on any atom is -0.389 e. The average Bonchev–Trinajstić information content (AvgIpc) is 2.85. The normalized spacial score (nSPS) is 14.6. The summed E-state index contributed by atoms with van der Waals surface area (Å²) < 4.78 is 12.2. The number of ether oxygens (including phenoxy) is 2. The monoisotopic (exact) mass is 257 g/mol. The maximum Gasteiger partial charge on any atom is 0.0897 e. The zero-order chi connectivity index (χ0) is 13.2. The second-order valence-electron chi connectivity index (χ2n) is 4.23. The summed E-state index contributed by atoms with van der Waals surface area (Å²) in [6, 6.07) is 1.89. The summed E-state index contributed by atoms with van der Waals surface area (Å²) in [4.78, 5) is 0. The van der Waals surface area contributed by atoms with Gasteiger partial charge in [-0.15, -0.1) is 0 Å². The van der Waals surface area contributed by atoms with Gasteiger partial charge in [-0.2, -0.15) is 5.10 Å². The van der Waals surface area contributed by atoms with Gasteiger partial charge in [0.1, 0.15) is 0 Å². The standard InChI is InChI=1S/C12H23N3O3/c1-11(9-17-2)18-10-12(16)8-13-5-7-15-6-3-4-14-15/h3-4,6,11-13,16H,5,7-10H2,1-2H3. The van der Waals surface area contributed by atoms with Crippen LogP contribution in [0.2, 0.25) is 0 Å². The van der Waals surface area contributed by atoms with Crippen LogP contribution in [0, 0.1) is 0 Å². The Balaban J connectivity index is 1.98. The van der Waals surface area contributed by atoms with E-state index in [2.05, 4.69) is 10.4 Å². The Bertz CT molecular complexity index is 293. The first-order chi connectivity index (χ1) is 8.72. The third-order valence-electron chi connectivity index (χ3n) is 2.43. The van der Waals surface area contributed by atoms with Crippen molar-refractivity contribution in [2.75, 3.05) is 33.4 Å². The molecule has 104 valence electrons. The van der Waals surface area contributed by atoms with Crippen molar-refractivity contribution in [2.24, 2.45) is 0 Å². The van der Waals surface area contributed by atoms with Crippen molar-refractivity contribution in [2.45, 2.75) is 25.7 Å². The van der Waals surface area contributed by atoms with Crippen molar-refractivity contribution >= 4 is 0 Å². The van der Waals surface area contributed by atoms with Gasteiger partial charge in [0, 0.05) is 32.6 Å². The van der Waals surface area contributed by atoms with E-state index in [9.17, 15) is 5.11 Å². The molecule has 0 amide bonds. The van der Waals surface area contributed by atoms with Gasteiger partial charge >= 0.3 is 0 Å². The fourth-order valence-corrected chi connectivity index (χ4v) is 1.51. The molecule has 0 radical (unpaired) electrons. The molecule has 0 saturated carbocycles. The van der Waals surface area contributed by atoms with Crippen LogP contribution in [0.1, 0.15) is 6.92 Å². The van der Waals surface area contributed by atoms with E-state index >= 15 is 0 Å². The van der Waals surface area contributed by atoms with Crippen molar-refractivity contribution in [3.8, 4) is 0 Å². The predicted molar refractivity (Wildman–Crippen MR) is 68.4 cm³/mol. The van der Waals surface area contributed by atoms with Crippen LogP contribution in [0.25, 0.3) is 0 Å². The molecular weight excluding hydrogens is 234 g/mol. The van der Waals surface area contributed by atoms with E-state index in [0.29, 0.717) is 19.8 Å². The van der Waals surface area contributed by atoms with Gasteiger partial charge in [0.2, 0.25) is 0 Å². The number of rotatable bonds is 10. The van der Waals surface area contributed by atoms with Gasteiger partial charge in [-0.1, -0.05) is 0 Å². The van der Waals surface area contributed by atoms with Crippen LogP contribution in [0.3, 0.4) is 0 Å². The fourth-order valence-electron chi connectivity index (χ4n) is 1.51. The molecule has 0 spiro atoms. The van der Waals surface area contributed by atoms with Gasteiger partial charge < -0.3 is 19.9 Å². The number of aliphatic hydroxyl groups is 1. The molecule has 0 aliphatic rings. The third kappa shape index (κ3) is 6.70. The predicted octanol–water partition coefficient (Wildman–Crippen LogP) is -0.115. The Morgan fingerprint density at radius 1 is 1.44 bits per heavy atom. The summed E-state index contributed by atoms with van der Waals surface area (Å²) >= 11 is 0. The first kappa shape index (κ1) is 15.1. The Hall–Kier alpha value is -0.950. The lowest BCUT2D eigenvalue weighted by Gasteiger charge is -2.16. The third-order valence-corrected chi connectivity index (χ3v) is 2.43. The van der Waals surface area contributed by atoms with Gasteiger partial charge in [0.25, 0.3) is 0 Å². The van der Waals surface area contributed by atoms with Crippen LogP contribution in [-0.2, 0) is 16.0 Å². The Kier molecular flexibility index (Phi) is 7.59. The first-order valence-electron chi connectivity index (χ1n) is 6.19. The molecule has 1 aromatic rings. The molecule has 1 rings (SSSR count). The van der Waals surface area contributed by atoms with Crippen molar-refractivity contribution in [1.29, 1.82) is 0 Å². The highest BCUT2D eigenvalue weighted by molar-refractivity contribution is 4.77. The van der Waals surface area contributed by atoms with Crippen molar-refractivity contribution < 1.29 is 14.6 Å². The zero-order valence-corrected chi connectivity index (χ0v) is 11.1. The van der Waals surface area contributed by atoms with Crippen LogP contribution in [0.5, 0.6) is 0 Å². The Morgan fingerprint density at radius 3 is 2.94 bits per heavy atom. The van der Waals surface area contributed by atoms with Crippen molar-refractivity contribution in [3.05, 3.63) is 18.5 Å². The SMILES string of the molecule is COCC(C)OCC(O)CNCCn1cccn1. The molecule has 2 atom stereocenters. The summed E-state index contributed by atoms with van der Waals surface area (Å²) in [7, 11) is 1.63. The van der Waals surface area contributed by atoms with E-state index in [-0.39, 0.29) is 6.10 Å². The van der Waals surface area contributed by atoms with Gasteiger partial charge in [0.15, 0.2) is 0 Å². The Morgan fingerprint density at radius 2 is 2.28 bits per heavy atom. The number of aliphatic hydroxyl groups excluding tert-OH is 1. The van der Waals surface area contributed by atoms with Crippen molar-refractivity contribution in [1.82, 2.24) is 15.1 Å². The number of nitrogens with zero attached hydrogens (tertiary/aromatic N) is 2. The van der Waals surface area contributed by atoms with Gasteiger partial charge in [-0.05, 0) is 13.0 Å². The fraction of sp³-hybridized carbons (Fsp3) is 0.750. The molecule has 0 aliphatic carbocycles. The van der Waals surface area contributed by atoms with Crippen LogP contribution in [0.4, 0.5) is 0 Å². The maximum atomic E-state index is 9.67. The van der Waals surface area contributed by atoms with Crippen LogP contribution < -0.4 is 5.32 Å². The highest BCUT2D eigenvalue weighted by Crippen LogP contribution is 1.93. The molecule has 6 heteroatoms. The lowest BCUT2D eigenvalue weighted by atomic mass is 10.3. The van der Waals surface area contributed by atoms with Gasteiger partial charge in [0.05, 0.1) is 32.0 Å². The van der Waals surface area contributed by atoms with Crippen LogP contribution in [-0.4, -0.2) is 60.5 Å². The molecule has 2 N–H and O–H groups in total. The number of nitrogens with one attached hydrogen (secondary N) is 1. The quantitative estimate of drug-likeness (QED) is 0.572. The second-order valence-corrected chi connectivity index (χ2v) is 4.23. The van der Waals surface area contributed by atoms with E-state index in [0.717, 1.165) is 13.1 Å². The van der Waals surface area contributed by atoms with Gasteiger partial charge in [-0.3, -0.25) is 4.68 Å². The molecular formula is C12H23N3O3. The minimum absolute atomic E-state index is 0.00808. The molecule has 0 aliphatic heterocycles.